The molecule has 0 atom stereocenters. The van der Waals surface area contributed by atoms with Gasteiger partial charge in [-0.25, -0.2) is 4.98 Å². The highest BCUT2D eigenvalue weighted by atomic mass is 16.5. The number of carbonyl (C=O) groups excluding carboxylic acids is 1. The Hall–Kier alpha value is -1.92. The summed E-state index contributed by atoms with van der Waals surface area (Å²) in [4.78, 5) is 17.2. The standard InChI is InChI=1S/C17H24N2O4/c1-4-17(10-20,11-21)9-13(22)15-12(3)18-16-14(23-5-2)7-6-8-19(15)16/h6-8,20-21H,4-5,9-11H2,1-3H3. The van der Waals surface area contributed by atoms with Crippen LogP contribution in [0.2, 0.25) is 0 Å². The predicted molar refractivity (Wildman–Crippen MR) is 86.9 cm³/mol. The van der Waals surface area contributed by atoms with E-state index in [1.807, 2.05) is 19.9 Å². The Morgan fingerprint density at radius 2 is 2.04 bits per heavy atom. The Labute approximate surface area is 135 Å². The van der Waals surface area contributed by atoms with Gasteiger partial charge in [-0.2, -0.15) is 0 Å². The van der Waals surface area contributed by atoms with Crippen LogP contribution in [0.3, 0.4) is 0 Å². The largest absolute Gasteiger partial charge is 0.490 e. The monoisotopic (exact) mass is 320 g/mol. The third-order valence-electron chi connectivity index (χ3n) is 4.31. The van der Waals surface area contributed by atoms with Gasteiger partial charge < -0.3 is 14.9 Å². The van der Waals surface area contributed by atoms with Crippen LogP contribution in [0, 0.1) is 12.3 Å². The number of hydrogen-bond acceptors (Lipinski definition) is 5. The predicted octanol–water partition coefficient (Wildman–Crippen LogP) is 2.00. The number of rotatable bonds is 8. The molecule has 0 unspecified atom stereocenters. The maximum atomic E-state index is 12.8. The van der Waals surface area contributed by atoms with Crippen LogP contribution in [0.4, 0.5) is 0 Å². The number of aromatic nitrogens is 2. The first-order chi connectivity index (χ1) is 11.0. The van der Waals surface area contributed by atoms with Gasteiger partial charge in [0.1, 0.15) is 5.69 Å². The van der Waals surface area contributed by atoms with Gasteiger partial charge in [0.15, 0.2) is 17.2 Å². The fraction of sp³-hybridized carbons (Fsp3) is 0.529. The van der Waals surface area contributed by atoms with E-state index in [1.165, 1.54) is 0 Å². The van der Waals surface area contributed by atoms with Crippen molar-refractivity contribution in [2.75, 3.05) is 19.8 Å². The molecule has 0 radical (unpaired) electrons. The van der Waals surface area contributed by atoms with Gasteiger partial charge in [-0.3, -0.25) is 9.20 Å². The van der Waals surface area contributed by atoms with E-state index in [9.17, 15) is 15.0 Å². The first-order valence-electron chi connectivity index (χ1n) is 7.87. The molecule has 2 heterocycles. The summed E-state index contributed by atoms with van der Waals surface area (Å²) >= 11 is 0. The lowest BCUT2D eigenvalue weighted by atomic mass is 9.81. The summed E-state index contributed by atoms with van der Waals surface area (Å²) in [5.41, 5.74) is 0.889. The number of Topliss-reactive ketones (excluding diaryl/α,β-unsaturated/α-hetero) is 1. The number of ether oxygens (including phenoxy) is 1. The number of fused-ring (bicyclic) bond motifs is 1. The quantitative estimate of drug-likeness (QED) is 0.727. The molecule has 0 aromatic carbocycles. The second-order valence-electron chi connectivity index (χ2n) is 5.81. The highest BCUT2D eigenvalue weighted by Crippen LogP contribution is 2.29. The normalized spacial score (nSPS) is 11.9. The number of nitrogens with zero attached hydrogens (tertiary/aromatic N) is 2. The summed E-state index contributed by atoms with van der Waals surface area (Å²) in [6.45, 7) is 5.58. The van der Waals surface area contributed by atoms with Gasteiger partial charge in [0, 0.05) is 18.0 Å². The van der Waals surface area contributed by atoms with Crippen LogP contribution in [-0.4, -0.2) is 45.2 Å². The second-order valence-corrected chi connectivity index (χ2v) is 5.81. The van der Waals surface area contributed by atoms with Crippen molar-refractivity contribution in [2.24, 2.45) is 5.41 Å². The minimum atomic E-state index is -0.800. The van der Waals surface area contributed by atoms with Crippen molar-refractivity contribution in [3.8, 4) is 5.75 Å². The van der Waals surface area contributed by atoms with Crippen molar-refractivity contribution in [3.05, 3.63) is 29.7 Å². The summed E-state index contributed by atoms with van der Waals surface area (Å²) in [5.74, 6) is 0.483. The lowest BCUT2D eigenvalue weighted by Crippen LogP contribution is -2.32. The molecule has 6 nitrogen and oxygen atoms in total. The minimum absolute atomic E-state index is 0.0734. The average Bonchev–Trinajstić information content (AvgIpc) is 2.90. The molecule has 0 saturated heterocycles. The number of imidazole rings is 1. The number of aryl methyl sites for hydroxylation is 1. The zero-order chi connectivity index (χ0) is 17.0. The lowest BCUT2D eigenvalue weighted by molar-refractivity contribution is 0.0399. The van der Waals surface area contributed by atoms with Crippen LogP contribution in [-0.2, 0) is 0 Å². The van der Waals surface area contributed by atoms with E-state index < -0.39 is 5.41 Å². The van der Waals surface area contributed by atoms with E-state index in [0.29, 0.717) is 35.8 Å². The number of aliphatic hydroxyl groups is 2. The number of carbonyl (C=O) groups is 1. The molecular weight excluding hydrogens is 296 g/mol. The zero-order valence-corrected chi connectivity index (χ0v) is 13.9. The average molecular weight is 320 g/mol. The molecule has 0 fully saturated rings. The first-order valence-corrected chi connectivity index (χ1v) is 7.87. The van der Waals surface area contributed by atoms with E-state index in [0.717, 1.165) is 0 Å². The smallest absolute Gasteiger partial charge is 0.182 e. The number of hydrogen-bond donors (Lipinski definition) is 2. The van der Waals surface area contributed by atoms with Gasteiger partial charge in [-0.1, -0.05) is 6.92 Å². The van der Waals surface area contributed by atoms with Crippen molar-refractivity contribution >= 4 is 11.4 Å². The van der Waals surface area contributed by atoms with Gasteiger partial charge in [-0.15, -0.1) is 0 Å². The third-order valence-corrected chi connectivity index (χ3v) is 4.31. The van der Waals surface area contributed by atoms with E-state index in [4.69, 9.17) is 4.74 Å². The second kappa shape index (κ2) is 7.10. The zero-order valence-electron chi connectivity index (χ0n) is 13.9. The molecule has 23 heavy (non-hydrogen) atoms. The maximum absolute atomic E-state index is 12.8. The Balaban J connectivity index is 2.45. The summed E-state index contributed by atoms with van der Waals surface area (Å²) < 4.78 is 7.28. The molecule has 0 spiro atoms. The Bertz CT molecular complexity index is 681. The summed E-state index contributed by atoms with van der Waals surface area (Å²) in [7, 11) is 0. The SMILES string of the molecule is CCOc1cccn2c(C(=O)CC(CC)(CO)CO)c(C)nc12. The van der Waals surface area contributed by atoms with Crippen molar-refractivity contribution in [3.63, 3.8) is 0 Å². The van der Waals surface area contributed by atoms with Crippen LogP contribution in [0.15, 0.2) is 18.3 Å². The molecular formula is C17H24N2O4. The molecule has 2 aromatic rings. The van der Waals surface area contributed by atoms with Crippen LogP contribution < -0.4 is 4.74 Å². The topological polar surface area (TPSA) is 84.1 Å². The van der Waals surface area contributed by atoms with Crippen LogP contribution in [0.5, 0.6) is 5.75 Å². The molecule has 126 valence electrons. The molecule has 0 aliphatic carbocycles. The molecule has 2 N–H and O–H groups in total. The van der Waals surface area contributed by atoms with Crippen molar-refractivity contribution in [1.29, 1.82) is 0 Å². The molecule has 2 aromatic heterocycles. The number of aliphatic hydroxyl groups excluding tert-OH is 2. The van der Waals surface area contributed by atoms with Crippen LogP contribution in [0.1, 0.15) is 42.9 Å². The van der Waals surface area contributed by atoms with Crippen molar-refractivity contribution < 1.29 is 19.7 Å². The summed E-state index contributed by atoms with van der Waals surface area (Å²) in [5, 5.41) is 19.1. The molecule has 0 aliphatic rings. The number of ketones is 1. The first kappa shape index (κ1) is 17.4. The van der Waals surface area contributed by atoms with E-state index in [1.54, 1.807) is 23.6 Å². The minimum Gasteiger partial charge on any atom is -0.490 e. The van der Waals surface area contributed by atoms with E-state index >= 15 is 0 Å². The maximum Gasteiger partial charge on any atom is 0.182 e. The van der Waals surface area contributed by atoms with Gasteiger partial charge >= 0.3 is 0 Å². The summed E-state index contributed by atoms with van der Waals surface area (Å²) in [6, 6.07) is 3.62. The van der Waals surface area contributed by atoms with Crippen LogP contribution in [0.25, 0.3) is 5.65 Å². The molecule has 6 heteroatoms. The van der Waals surface area contributed by atoms with Gasteiger partial charge in [0.2, 0.25) is 0 Å². The van der Waals surface area contributed by atoms with Gasteiger partial charge in [0.25, 0.3) is 0 Å². The van der Waals surface area contributed by atoms with E-state index in [2.05, 4.69) is 4.98 Å². The Kier molecular flexibility index (Phi) is 5.38. The highest BCUT2D eigenvalue weighted by molar-refractivity contribution is 5.97. The van der Waals surface area contributed by atoms with Gasteiger partial charge in [-0.05, 0) is 32.4 Å². The Morgan fingerprint density at radius 3 is 2.61 bits per heavy atom. The molecule has 0 bridgehead atoms. The van der Waals surface area contributed by atoms with E-state index in [-0.39, 0.29) is 25.4 Å². The third kappa shape index (κ3) is 3.23. The fourth-order valence-electron chi connectivity index (χ4n) is 2.69. The van der Waals surface area contributed by atoms with Crippen molar-refractivity contribution in [2.45, 2.75) is 33.6 Å². The number of pyridine rings is 1. The van der Waals surface area contributed by atoms with Crippen LogP contribution >= 0.6 is 0 Å². The molecule has 2 rings (SSSR count). The van der Waals surface area contributed by atoms with Gasteiger partial charge in [0.05, 0.1) is 25.5 Å². The summed E-state index contributed by atoms with van der Waals surface area (Å²) in [6.07, 6.45) is 2.37. The highest BCUT2D eigenvalue weighted by Gasteiger charge is 2.32. The molecule has 0 saturated carbocycles. The molecule has 0 aliphatic heterocycles. The fourth-order valence-corrected chi connectivity index (χ4v) is 2.69. The lowest BCUT2D eigenvalue weighted by Gasteiger charge is -2.27. The molecule has 0 amide bonds. The Morgan fingerprint density at radius 1 is 1.35 bits per heavy atom. The van der Waals surface area contributed by atoms with Crippen molar-refractivity contribution in [1.82, 2.24) is 9.38 Å².